The van der Waals surface area contributed by atoms with E-state index in [-0.39, 0.29) is 0 Å². The van der Waals surface area contributed by atoms with E-state index in [1.54, 1.807) is 14.2 Å². The van der Waals surface area contributed by atoms with Crippen molar-refractivity contribution < 1.29 is 9.47 Å². The fourth-order valence-corrected chi connectivity index (χ4v) is 2.25. The highest BCUT2D eigenvalue weighted by Crippen LogP contribution is 2.25. The Hall–Kier alpha value is -1.26. The summed E-state index contributed by atoms with van der Waals surface area (Å²) in [5.41, 5.74) is 6.75. The van der Waals surface area contributed by atoms with E-state index in [9.17, 15) is 0 Å². The van der Waals surface area contributed by atoms with E-state index in [2.05, 4.69) is 24.9 Å². The summed E-state index contributed by atoms with van der Waals surface area (Å²) in [7, 11) is 5.47. The second kappa shape index (κ2) is 8.02. The minimum Gasteiger partial charge on any atom is -0.497 e. The molecule has 1 aromatic rings. The normalized spacial score (nSPS) is 12.5. The van der Waals surface area contributed by atoms with Crippen molar-refractivity contribution in [1.29, 1.82) is 0 Å². The van der Waals surface area contributed by atoms with Crippen LogP contribution < -0.4 is 15.2 Å². The molecule has 0 bridgehead atoms. The Morgan fingerprint density at radius 3 is 2.58 bits per heavy atom. The van der Waals surface area contributed by atoms with Gasteiger partial charge in [0.25, 0.3) is 0 Å². The summed E-state index contributed by atoms with van der Waals surface area (Å²) in [6, 6.07) is 5.95. The van der Waals surface area contributed by atoms with Crippen LogP contribution in [0.1, 0.15) is 18.9 Å². The van der Waals surface area contributed by atoms with Gasteiger partial charge in [-0.05, 0) is 32.0 Å². The van der Waals surface area contributed by atoms with Crippen LogP contribution in [0.2, 0.25) is 0 Å². The second-order valence-electron chi connectivity index (χ2n) is 5.06. The maximum atomic E-state index is 5.58. The van der Waals surface area contributed by atoms with Crippen LogP contribution in [0.4, 0.5) is 0 Å². The fraction of sp³-hybridized carbons (Fsp3) is 0.600. The summed E-state index contributed by atoms with van der Waals surface area (Å²) in [6.45, 7) is 4.88. The van der Waals surface area contributed by atoms with Crippen molar-refractivity contribution in [3.63, 3.8) is 0 Å². The fourth-order valence-electron chi connectivity index (χ4n) is 2.25. The molecule has 0 aromatic heterocycles. The molecular weight excluding hydrogens is 240 g/mol. The Kier molecular flexibility index (Phi) is 6.67. The van der Waals surface area contributed by atoms with E-state index >= 15 is 0 Å². The van der Waals surface area contributed by atoms with Gasteiger partial charge in [-0.2, -0.15) is 0 Å². The number of nitrogens with zero attached hydrogens (tertiary/aromatic N) is 1. The molecular formula is C15H26N2O2. The summed E-state index contributed by atoms with van der Waals surface area (Å²) in [6.07, 6.45) is 1.06. The number of benzene rings is 1. The molecule has 1 rings (SSSR count). The smallest absolute Gasteiger partial charge is 0.127 e. The highest BCUT2D eigenvalue weighted by atomic mass is 16.5. The van der Waals surface area contributed by atoms with Gasteiger partial charge in [-0.15, -0.1) is 0 Å². The van der Waals surface area contributed by atoms with Crippen LogP contribution in [0.5, 0.6) is 11.5 Å². The highest BCUT2D eigenvalue weighted by Gasteiger charge is 2.10. The number of methoxy groups -OCH3 is 2. The monoisotopic (exact) mass is 266 g/mol. The molecule has 0 fully saturated rings. The Morgan fingerprint density at radius 2 is 2.00 bits per heavy atom. The Labute approximate surface area is 116 Å². The van der Waals surface area contributed by atoms with Crippen molar-refractivity contribution in [3.8, 4) is 11.5 Å². The van der Waals surface area contributed by atoms with Crippen LogP contribution in [0.15, 0.2) is 18.2 Å². The summed E-state index contributed by atoms with van der Waals surface area (Å²) in [5.74, 6) is 2.30. The molecule has 0 radical (unpaired) electrons. The van der Waals surface area contributed by atoms with E-state index in [0.29, 0.717) is 5.92 Å². The SMILES string of the molecule is COc1ccc(CN(C)CC(C)CCN)c(OC)c1. The van der Waals surface area contributed by atoms with Crippen LogP contribution in [0.3, 0.4) is 0 Å². The third-order valence-corrected chi connectivity index (χ3v) is 3.22. The van der Waals surface area contributed by atoms with Crippen LogP contribution in [0, 0.1) is 5.92 Å². The minimum atomic E-state index is 0.610. The van der Waals surface area contributed by atoms with E-state index in [0.717, 1.165) is 37.6 Å². The molecule has 0 aliphatic rings. The number of ether oxygens (including phenoxy) is 2. The van der Waals surface area contributed by atoms with Crippen molar-refractivity contribution in [2.75, 3.05) is 34.4 Å². The Bertz CT molecular complexity index is 382. The van der Waals surface area contributed by atoms with E-state index in [1.807, 2.05) is 12.1 Å². The zero-order valence-electron chi connectivity index (χ0n) is 12.5. The van der Waals surface area contributed by atoms with Gasteiger partial charge in [0.05, 0.1) is 14.2 Å². The molecule has 1 aromatic carbocycles. The first-order chi connectivity index (χ1) is 9.10. The molecule has 1 atom stereocenters. The zero-order chi connectivity index (χ0) is 14.3. The average molecular weight is 266 g/mol. The molecule has 19 heavy (non-hydrogen) atoms. The lowest BCUT2D eigenvalue weighted by atomic mass is 10.1. The van der Waals surface area contributed by atoms with Crippen LogP contribution in [0.25, 0.3) is 0 Å². The maximum absolute atomic E-state index is 5.58. The largest absolute Gasteiger partial charge is 0.497 e. The van der Waals surface area contributed by atoms with Crippen molar-refractivity contribution >= 4 is 0 Å². The number of nitrogens with two attached hydrogens (primary N) is 1. The molecule has 0 amide bonds. The van der Waals surface area contributed by atoms with Gasteiger partial charge in [0.2, 0.25) is 0 Å². The van der Waals surface area contributed by atoms with Crippen molar-refractivity contribution in [3.05, 3.63) is 23.8 Å². The molecule has 0 saturated carbocycles. The number of hydrogen-bond acceptors (Lipinski definition) is 4. The first-order valence-corrected chi connectivity index (χ1v) is 6.70. The van der Waals surface area contributed by atoms with Crippen LogP contribution in [-0.4, -0.2) is 39.3 Å². The lowest BCUT2D eigenvalue weighted by molar-refractivity contribution is 0.268. The van der Waals surface area contributed by atoms with Gasteiger partial charge in [0.15, 0.2) is 0 Å². The molecule has 0 spiro atoms. The number of hydrogen-bond donors (Lipinski definition) is 1. The maximum Gasteiger partial charge on any atom is 0.127 e. The first kappa shape index (κ1) is 15.8. The highest BCUT2D eigenvalue weighted by molar-refractivity contribution is 5.40. The molecule has 1 unspecified atom stereocenters. The Morgan fingerprint density at radius 1 is 1.26 bits per heavy atom. The summed E-state index contributed by atoms with van der Waals surface area (Å²) in [4.78, 5) is 2.30. The molecule has 108 valence electrons. The first-order valence-electron chi connectivity index (χ1n) is 6.70. The van der Waals surface area contributed by atoms with Crippen LogP contribution in [-0.2, 0) is 6.54 Å². The second-order valence-corrected chi connectivity index (χ2v) is 5.06. The van der Waals surface area contributed by atoms with Gasteiger partial charge >= 0.3 is 0 Å². The van der Waals surface area contributed by atoms with Gasteiger partial charge in [0.1, 0.15) is 11.5 Å². The predicted molar refractivity (Wildman–Crippen MR) is 78.7 cm³/mol. The molecule has 2 N–H and O–H groups in total. The lowest BCUT2D eigenvalue weighted by Crippen LogP contribution is -2.25. The topological polar surface area (TPSA) is 47.7 Å². The van der Waals surface area contributed by atoms with Gasteiger partial charge in [-0.1, -0.05) is 13.0 Å². The van der Waals surface area contributed by atoms with Crippen molar-refractivity contribution in [2.24, 2.45) is 11.7 Å². The van der Waals surface area contributed by atoms with Gasteiger partial charge in [-0.3, -0.25) is 0 Å². The quantitative estimate of drug-likeness (QED) is 0.783. The van der Waals surface area contributed by atoms with Crippen molar-refractivity contribution in [2.45, 2.75) is 19.9 Å². The molecule has 0 aliphatic carbocycles. The van der Waals surface area contributed by atoms with Gasteiger partial charge in [0, 0.05) is 24.7 Å². The standard InChI is InChI=1S/C15H26N2O2/c1-12(7-8-16)10-17(2)11-13-5-6-14(18-3)9-15(13)19-4/h5-6,9,12H,7-8,10-11,16H2,1-4H3. The summed E-state index contributed by atoms with van der Waals surface area (Å²) < 4.78 is 10.6. The number of rotatable bonds is 8. The summed E-state index contributed by atoms with van der Waals surface area (Å²) in [5, 5.41) is 0. The third kappa shape index (κ3) is 5.09. The average Bonchev–Trinajstić information content (AvgIpc) is 2.39. The Balaban J connectivity index is 2.65. The van der Waals surface area contributed by atoms with Gasteiger partial charge < -0.3 is 20.1 Å². The molecule has 4 heteroatoms. The summed E-state index contributed by atoms with van der Waals surface area (Å²) >= 11 is 0. The lowest BCUT2D eigenvalue weighted by Gasteiger charge is -2.22. The molecule has 4 nitrogen and oxygen atoms in total. The van der Waals surface area contributed by atoms with Gasteiger partial charge in [-0.25, -0.2) is 0 Å². The van der Waals surface area contributed by atoms with Crippen molar-refractivity contribution in [1.82, 2.24) is 4.90 Å². The van der Waals surface area contributed by atoms with E-state index in [1.165, 1.54) is 5.56 Å². The third-order valence-electron chi connectivity index (χ3n) is 3.22. The predicted octanol–water partition coefficient (Wildman–Crippen LogP) is 2.12. The van der Waals surface area contributed by atoms with Crippen LogP contribution >= 0.6 is 0 Å². The zero-order valence-corrected chi connectivity index (χ0v) is 12.5. The molecule has 0 heterocycles. The van der Waals surface area contributed by atoms with E-state index < -0.39 is 0 Å². The van der Waals surface area contributed by atoms with E-state index in [4.69, 9.17) is 15.2 Å². The minimum absolute atomic E-state index is 0.610. The molecule has 0 aliphatic heterocycles. The molecule has 0 saturated heterocycles.